The van der Waals surface area contributed by atoms with Gasteiger partial charge in [0.05, 0.1) is 18.8 Å². The van der Waals surface area contributed by atoms with Gasteiger partial charge in [0.2, 0.25) is 0 Å². The van der Waals surface area contributed by atoms with Crippen molar-refractivity contribution in [3.63, 3.8) is 0 Å². The predicted octanol–water partition coefficient (Wildman–Crippen LogP) is 1.26. The van der Waals surface area contributed by atoms with Crippen molar-refractivity contribution in [2.24, 2.45) is 0 Å². The number of ether oxygens (including phenoxy) is 3. The Morgan fingerprint density at radius 3 is 2.62 bits per heavy atom. The third-order valence-corrected chi connectivity index (χ3v) is 2.32. The molecule has 2 amide bonds. The summed E-state index contributed by atoms with van der Waals surface area (Å²) >= 11 is 0. The van der Waals surface area contributed by atoms with Crippen LogP contribution in [0.3, 0.4) is 0 Å². The molecule has 0 atom stereocenters. The Bertz CT molecular complexity index is 514. The Kier molecular flexibility index (Phi) is 6.90. The van der Waals surface area contributed by atoms with Crippen molar-refractivity contribution in [2.45, 2.75) is 13.5 Å². The number of hydrogen-bond donors (Lipinski definition) is 1. The molecule has 0 spiro atoms. The van der Waals surface area contributed by atoms with Gasteiger partial charge in [-0.15, -0.1) is 0 Å². The summed E-state index contributed by atoms with van der Waals surface area (Å²) in [6.45, 7) is 1.55. The number of amides is 2. The zero-order valence-corrected chi connectivity index (χ0v) is 11.9. The predicted molar refractivity (Wildman–Crippen MR) is 72.6 cm³/mol. The molecule has 1 rings (SSSR count). The number of rotatable bonds is 6. The van der Waals surface area contributed by atoms with Crippen LogP contribution in [0, 0.1) is 0 Å². The number of alkyl carbamates (subject to hydrolysis) is 1. The molecule has 7 nitrogen and oxygen atoms in total. The molecular formula is C14H17NO6. The number of carbonyl (C=O) groups excluding carboxylic acids is 3. The van der Waals surface area contributed by atoms with Crippen LogP contribution < -0.4 is 5.32 Å². The maximum absolute atomic E-state index is 11.8. The molecular weight excluding hydrogens is 278 g/mol. The SMILES string of the molecule is CCOC(=O)NC(=O)COC(=O)c1cccc(COC)c1. The first kappa shape index (κ1) is 16.6. The van der Waals surface area contributed by atoms with E-state index in [0.29, 0.717) is 12.2 Å². The Morgan fingerprint density at radius 1 is 1.19 bits per heavy atom. The van der Waals surface area contributed by atoms with Crippen molar-refractivity contribution in [3.8, 4) is 0 Å². The van der Waals surface area contributed by atoms with E-state index < -0.39 is 24.6 Å². The van der Waals surface area contributed by atoms with Gasteiger partial charge in [-0.05, 0) is 24.6 Å². The van der Waals surface area contributed by atoms with E-state index in [2.05, 4.69) is 4.74 Å². The Labute approximate surface area is 122 Å². The molecule has 1 aromatic rings. The summed E-state index contributed by atoms with van der Waals surface area (Å²) in [4.78, 5) is 34.1. The summed E-state index contributed by atoms with van der Waals surface area (Å²) in [6, 6.07) is 6.65. The van der Waals surface area contributed by atoms with E-state index in [9.17, 15) is 14.4 Å². The minimum Gasteiger partial charge on any atom is -0.452 e. The van der Waals surface area contributed by atoms with E-state index in [-0.39, 0.29) is 6.61 Å². The molecule has 0 aliphatic heterocycles. The minimum absolute atomic E-state index is 0.144. The molecule has 21 heavy (non-hydrogen) atoms. The molecule has 0 aliphatic rings. The Morgan fingerprint density at radius 2 is 1.95 bits per heavy atom. The van der Waals surface area contributed by atoms with Crippen LogP contribution in [0.15, 0.2) is 24.3 Å². The quantitative estimate of drug-likeness (QED) is 0.795. The van der Waals surface area contributed by atoms with Crippen molar-refractivity contribution >= 4 is 18.0 Å². The fourth-order valence-electron chi connectivity index (χ4n) is 1.49. The number of nitrogens with one attached hydrogen (secondary N) is 1. The van der Waals surface area contributed by atoms with Gasteiger partial charge in [-0.2, -0.15) is 0 Å². The summed E-state index contributed by atoms with van der Waals surface area (Å²) < 4.78 is 14.3. The Balaban J connectivity index is 2.48. The molecule has 7 heteroatoms. The van der Waals surface area contributed by atoms with Crippen molar-refractivity contribution in [2.75, 3.05) is 20.3 Å². The molecule has 114 valence electrons. The van der Waals surface area contributed by atoms with Gasteiger partial charge in [0, 0.05) is 7.11 Å². The summed E-state index contributed by atoms with van der Waals surface area (Å²) in [5.41, 5.74) is 1.11. The standard InChI is InChI=1S/C14H17NO6/c1-3-20-14(18)15-12(16)9-21-13(17)11-6-4-5-10(7-11)8-19-2/h4-7H,3,8-9H2,1-2H3,(H,15,16,18). The highest BCUT2D eigenvalue weighted by molar-refractivity contribution is 5.95. The molecule has 0 unspecified atom stereocenters. The molecule has 0 saturated heterocycles. The van der Waals surface area contributed by atoms with Crippen molar-refractivity contribution in [3.05, 3.63) is 35.4 Å². The van der Waals surface area contributed by atoms with Crippen molar-refractivity contribution in [1.29, 1.82) is 0 Å². The largest absolute Gasteiger partial charge is 0.452 e. The normalized spacial score (nSPS) is 9.81. The third-order valence-electron chi connectivity index (χ3n) is 2.32. The van der Waals surface area contributed by atoms with Crippen LogP contribution in [0.25, 0.3) is 0 Å². The first-order valence-corrected chi connectivity index (χ1v) is 6.28. The zero-order valence-electron chi connectivity index (χ0n) is 11.9. The van der Waals surface area contributed by atoms with Gasteiger partial charge in [-0.3, -0.25) is 10.1 Å². The lowest BCUT2D eigenvalue weighted by Gasteiger charge is -2.07. The van der Waals surface area contributed by atoms with Gasteiger partial charge in [0.1, 0.15) is 0 Å². The van der Waals surface area contributed by atoms with E-state index in [1.54, 1.807) is 38.3 Å². The molecule has 0 saturated carbocycles. The fraction of sp³-hybridized carbons (Fsp3) is 0.357. The zero-order chi connectivity index (χ0) is 15.7. The Hall–Kier alpha value is -2.41. The van der Waals surface area contributed by atoms with Gasteiger partial charge >= 0.3 is 12.1 Å². The summed E-state index contributed by atoms with van der Waals surface area (Å²) in [5.74, 6) is -1.41. The first-order valence-electron chi connectivity index (χ1n) is 6.28. The van der Waals surface area contributed by atoms with Gasteiger partial charge in [-0.1, -0.05) is 12.1 Å². The minimum atomic E-state index is -0.874. The summed E-state index contributed by atoms with van der Waals surface area (Å²) in [6.07, 6.45) is -0.874. The number of hydrogen-bond acceptors (Lipinski definition) is 6. The lowest BCUT2D eigenvalue weighted by atomic mass is 10.1. The van der Waals surface area contributed by atoms with Crippen LogP contribution in [0.1, 0.15) is 22.8 Å². The highest BCUT2D eigenvalue weighted by atomic mass is 16.6. The van der Waals surface area contributed by atoms with Crippen molar-refractivity contribution < 1.29 is 28.6 Å². The number of esters is 1. The van der Waals surface area contributed by atoms with E-state index in [1.807, 2.05) is 5.32 Å². The lowest BCUT2D eigenvalue weighted by molar-refractivity contribution is -0.123. The molecule has 1 N–H and O–H groups in total. The van der Waals surface area contributed by atoms with Gasteiger partial charge in [-0.25, -0.2) is 9.59 Å². The molecule has 0 fully saturated rings. The van der Waals surface area contributed by atoms with Gasteiger partial charge in [0.25, 0.3) is 5.91 Å². The monoisotopic (exact) mass is 295 g/mol. The highest BCUT2D eigenvalue weighted by Gasteiger charge is 2.13. The van der Waals surface area contributed by atoms with Crippen LogP contribution in [0.5, 0.6) is 0 Å². The average Bonchev–Trinajstić information content (AvgIpc) is 2.45. The second-order valence-corrected chi connectivity index (χ2v) is 3.98. The second-order valence-electron chi connectivity index (χ2n) is 3.98. The van der Waals surface area contributed by atoms with Crippen LogP contribution in [0.2, 0.25) is 0 Å². The number of carbonyl (C=O) groups is 3. The molecule has 0 radical (unpaired) electrons. The maximum Gasteiger partial charge on any atom is 0.413 e. The average molecular weight is 295 g/mol. The molecule has 0 aliphatic carbocycles. The maximum atomic E-state index is 11.8. The van der Waals surface area contributed by atoms with Gasteiger partial charge < -0.3 is 14.2 Å². The van der Waals surface area contributed by atoms with Crippen LogP contribution in [-0.2, 0) is 25.6 Å². The molecule has 1 aromatic carbocycles. The number of imide groups is 1. The number of methoxy groups -OCH3 is 1. The molecule has 0 heterocycles. The fourth-order valence-corrected chi connectivity index (χ4v) is 1.49. The highest BCUT2D eigenvalue weighted by Crippen LogP contribution is 2.07. The van der Waals surface area contributed by atoms with E-state index >= 15 is 0 Å². The molecule has 0 aromatic heterocycles. The van der Waals surface area contributed by atoms with Crippen LogP contribution >= 0.6 is 0 Å². The van der Waals surface area contributed by atoms with Crippen LogP contribution in [0.4, 0.5) is 4.79 Å². The number of benzene rings is 1. The topological polar surface area (TPSA) is 90.9 Å². The van der Waals surface area contributed by atoms with E-state index in [4.69, 9.17) is 9.47 Å². The smallest absolute Gasteiger partial charge is 0.413 e. The van der Waals surface area contributed by atoms with E-state index in [1.165, 1.54) is 0 Å². The third kappa shape index (κ3) is 6.05. The summed E-state index contributed by atoms with van der Waals surface area (Å²) in [7, 11) is 1.55. The first-order chi connectivity index (χ1) is 10.1. The van der Waals surface area contributed by atoms with Gasteiger partial charge in [0.15, 0.2) is 6.61 Å². The van der Waals surface area contributed by atoms with Crippen molar-refractivity contribution in [1.82, 2.24) is 5.32 Å². The van der Waals surface area contributed by atoms with E-state index in [0.717, 1.165) is 5.56 Å². The lowest BCUT2D eigenvalue weighted by Crippen LogP contribution is -2.34. The summed E-state index contributed by atoms with van der Waals surface area (Å²) in [5, 5.41) is 1.92. The second kappa shape index (κ2) is 8.70. The molecule has 0 bridgehead atoms. The van der Waals surface area contributed by atoms with Crippen LogP contribution in [-0.4, -0.2) is 38.3 Å².